The van der Waals surface area contributed by atoms with E-state index in [1.807, 2.05) is 13.8 Å². The molecule has 0 heterocycles. The predicted molar refractivity (Wildman–Crippen MR) is 73.0 cm³/mol. The van der Waals surface area contributed by atoms with Crippen LogP contribution in [-0.4, -0.2) is 26.0 Å². The smallest absolute Gasteiger partial charge is 0.337 e. The summed E-state index contributed by atoms with van der Waals surface area (Å²) in [6.45, 7) is 3.84. The van der Waals surface area contributed by atoms with Crippen molar-refractivity contribution in [1.82, 2.24) is 4.72 Å². The van der Waals surface area contributed by atoms with E-state index in [1.165, 1.54) is 12.1 Å². The SMILES string of the molecule is CC(C)=CCNS(=O)(=O)c1ccc(Cl)c(C(=O)O)c1. The molecule has 0 amide bonds. The van der Waals surface area contributed by atoms with Crippen LogP contribution in [0.4, 0.5) is 0 Å². The van der Waals surface area contributed by atoms with Gasteiger partial charge in [-0.15, -0.1) is 0 Å². The van der Waals surface area contributed by atoms with Crippen LogP contribution in [0.1, 0.15) is 24.2 Å². The van der Waals surface area contributed by atoms with Gasteiger partial charge in [0.25, 0.3) is 0 Å². The summed E-state index contributed by atoms with van der Waals surface area (Å²) < 4.78 is 26.2. The third-order valence-corrected chi connectivity index (χ3v) is 4.01. The van der Waals surface area contributed by atoms with Crippen LogP contribution in [-0.2, 0) is 10.0 Å². The molecular weight excluding hydrogens is 290 g/mol. The minimum Gasteiger partial charge on any atom is -0.478 e. The highest BCUT2D eigenvalue weighted by atomic mass is 35.5. The second-order valence-corrected chi connectivity index (χ2v) is 6.25. The topological polar surface area (TPSA) is 83.5 Å². The highest BCUT2D eigenvalue weighted by Gasteiger charge is 2.17. The number of carboxylic acids is 1. The standard InChI is InChI=1S/C12H14ClNO4S/c1-8(2)5-6-14-19(17,18)9-3-4-11(13)10(7-9)12(15)16/h3-5,7,14H,6H2,1-2H3,(H,15,16). The van der Waals surface area contributed by atoms with Crippen molar-refractivity contribution in [3.05, 3.63) is 40.4 Å². The van der Waals surface area contributed by atoms with E-state index < -0.39 is 16.0 Å². The molecule has 0 radical (unpaired) electrons. The van der Waals surface area contributed by atoms with Gasteiger partial charge in [0.05, 0.1) is 15.5 Å². The lowest BCUT2D eigenvalue weighted by molar-refractivity contribution is 0.0697. The second kappa shape index (κ2) is 6.18. The predicted octanol–water partition coefficient (Wildman–Crippen LogP) is 2.28. The van der Waals surface area contributed by atoms with E-state index in [4.69, 9.17) is 16.7 Å². The number of nitrogens with one attached hydrogen (secondary N) is 1. The molecule has 0 aliphatic rings. The Kier molecular flexibility index (Phi) is 5.11. The van der Waals surface area contributed by atoms with E-state index in [0.717, 1.165) is 11.6 Å². The zero-order valence-electron chi connectivity index (χ0n) is 10.5. The largest absolute Gasteiger partial charge is 0.478 e. The fourth-order valence-corrected chi connectivity index (χ4v) is 2.46. The van der Waals surface area contributed by atoms with Crippen molar-refractivity contribution in [2.24, 2.45) is 0 Å². The van der Waals surface area contributed by atoms with Gasteiger partial charge in [-0.1, -0.05) is 23.3 Å². The molecule has 0 aromatic heterocycles. The number of hydrogen-bond donors (Lipinski definition) is 2. The van der Waals surface area contributed by atoms with Gasteiger partial charge in [0.1, 0.15) is 0 Å². The van der Waals surface area contributed by atoms with Crippen molar-refractivity contribution in [3.63, 3.8) is 0 Å². The summed E-state index contributed by atoms with van der Waals surface area (Å²) in [4.78, 5) is 10.8. The number of hydrogen-bond acceptors (Lipinski definition) is 3. The van der Waals surface area contributed by atoms with Crippen LogP contribution >= 0.6 is 11.6 Å². The van der Waals surface area contributed by atoms with E-state index in [9.17, 15) is 13.2 Å². The van der Waals surface area contributed by atoms with Crippen LogP contribution < -0.4 is 4.72 Å². The molecule has 0 atom stereocenters. The van der Waals surface area contributed by atoms with Gasteiger partial charge in [0.15, 0.2) is 0 Å². The molecule has 5 nitrogen and oxygen atoms in total. The maximum absolute atomic E-state index is 11.9. The molecule has 1 aromatic rings. The summed E-state index contributed by atoms with van der Waals surface area (Å²) in [7, 11) is -3.75. The minimum absolute atomic E-state index is 0.00394. The highest BCUT2D eigenvalue weighted by Crippen LogP contribution is 2.20. The molecule has 0 aliphatic heterocycles. The molecule has 1 aromatic carbocycles. The molecule has 104 valence electrons. The molecule has 0 saturated heterocycles. The lowest BCUT2D eigenvalue weighted by atomic mass is 10.2. The first kappa shape index (κ1) is 15.7. The maximum Gasteiger partial charge on any atom is 0.337 e. The van der Waals surface area contributed by atoms with Gasteiger partial charge in [-0.05, 0) is 32.0 Å². The summed E-state index contributed by atoms with van der Waals surface area (Å²) in [6, 6.07) is 3.55. The van der Waals surface area contributed by atoms with Crippen LogP contribution in [0.3, 0.4) is 0 Å². The molecule has 0 unspecified atom stereocenters. The van der Waals surface area contributed by atoms with Crippen molar-refractivity contribution in [2.75, 3.05) is 6.54 Å². The Morgan fingerprint density at radius 3 is 2.58 bits per heavy atom. The first-order valence-electron chi connectivity index (χ1n) is 5.40. The number of benzene rings is 1. The third-order valence-electron chi connectivity index (χ3n) is 2.26. The lowest BCUT2D eigenvalue weighted by Crippen LogP contribution is -2.24. The molecule has 0 spiro atoms. The van der Waals surface area contributed by atoms with E-state index in [1.54, 1.807) is 6.08 Å². The Labute approximate surface area is 117 Å². The van der Waals surface area contributed by atoms with Crippen LogP contribution in [0.2, 0.25) is 5.02 Å². The number of allylic oxidation sites excluding steroid dienone is 1. The monoisotopic (exact) mass is 303 g/mol. The molecule has 7 heteroatoms. The molecule has 19 heavy (non-hydrogen) atoms. The molecular formula is C12H14ClNO4S. The molecule has 0 fully saturated rings. The third kappa shape index (κ3) is 4.34. The van der Waals surface area contributed by atoms with Crippen LogP contribution in [0.5, 0.6) is 0 Å². The average Bonchev–Trinajstić information content (AvgIpc) is 2.27. The Morgan fingerprint density at radius 1 is 1.42 bits per heavy atom. The number of halogens is 1. The first-order valence-corrected chi connectivity index (χ1v) is 7.26. The Hall–Kier alpha value is -1.37. The second-order valence-electron chi connectivity index (χ2n) is 4.08. The normalized spacial score (nSPS) is 11.1. The number of carbonyl (C=O) groups is 1. The summed E-state index contributed by atoms with van der Waals surface area (Å²) in [5.74, 6) is -1.27. The number of carboxylic acid groups (broad SMARTS) is 1. The fourth-order valence-electron chi connectivity index (χ4n) is 1.27. The van der Waals surface area contributed by atoms with E-state index in [2.05, 4.69) is 4.72 Å². The lowest BCUT2D eigenvalue weighted by Gasteiger charge is -2.07. The van der Waals surface area contributed by atoms with Crippen LogP contribution in [0.25, 0.3) is 0 Å². The summed E-state index contributed by atoms with van der Waals surface area (Å²) in [5, 5.41) is 8.89. The van der Waals surface area contributed by atoms with Gasteiger partial charge in [-0.2, -0.15) is 0 Å². The van der Waals surface area contributed by atoms with Crippen LogP contribution in [0.15, 0.2) is 34.7 Å². The Balaban J connectivity index is 3.05. The van der Waals surface area contributed by atoms with Gasteiger partial charge < -0.3 is 5.11 Å². The first-order chi connectivity index (χ1) is 8.74. The van der Waals surface area contributed by atoms with E-state index in [-0.39, 0.29) is 22.0 Å². The Morgan fingerprint density at radius 2 is 2.05 bits per heavy atom. The van der Waals surface area contributed by atoms with Crippen molar-refractivity contribution in [2.45, 2.75) is 18.7 Å². The highest BCUT2D eigenvalue weighted by molar-refractivity contribution is 7.89. The maximum atomic E-state index is 11.9. The van der Waals surface area contributed by atoms with Crippen molar-refractivity contribution >= 4 is 27.6 Å². The van der Waals surface area contributed by atoms with E-state index in [0.29, 0.717) is 0 Å². The number of sulfonamides is 1. The van der Waals surface area contributed by atoms with Gasteiger partial charge in [0, 0.05) is 6.54 Å². The van der Waals surface area contributed by atoms with Crippen molar-refractivity contribution < 1.29 is 18.3 Å². The average molecular weight is 304 g/mol. The van der Waals surface area contributed by atoms with Crippen molar-refractivity contribution in [3.8, 4) is 0 Å². The summed E-state index contributed by atoms with van der Waals surface area (Å²) >= 11 is 5.68. The molecule has 0 bridgehead atoms. The number of aromatic carboxylic acids is 1. The van der Waals surface area contributed by atoms with Gasteiger partial charge in [-0.25, -0.2) is 17.9 Å². The summed E-state index contributed by atoms with van der Waals surface area (Å²) in [6.07, 6.45) is 1.71. The van der Waals surface area contributed by atoms with Crippen LogP contribution in [0, 0.1) is 0 Å². The number of rotatable bonds is 5. The zero-order valence-corrected chi connectivity index (χ0v) is 12.0. The van der Waals surface area contributed by atoms with Gasteiger partial charge >= 0.3 is 5.97 Å². The molecule has 1 rings (SSSR count). The van der Waals surface area contributed by atoms with Crippen molar-refractivity contribution in [1.29, 1.82) is 0 Å². The fraction of sp³-hybridized carbons (Fsp3) is 0.250. The van der Waals surface area contributed by atoms with Gasteiger partial charge in [0.2, 0.25) is 10.0 Å². The van der Waals surface area contributed by atoms with E-state index >= 15 is 0 Å². The zero-order chi connectivity index (χ0) is 14.6. The minimum atomic E-state index is -3.75. The molecule has 0 aliphatic carbocycles. The van der Waals surface area contributed by atoms with Gasteiger partial charge in [-0.3, -0.25) is 0 Å². The molecule has 0 saturated carbocycles. The Bertz CT molecular complexity index is 619. The summed E-state index contributed by atoms with van der Waals surface area (Å²) in [5.41, 5.74) is 0.733. The quantitative estimate of drug-likeness (QED) is 0.817. The molecule has 2 N–H and O–H groups in total.